The first-order valence-corrected chi connectivity index (χ1v) is 6.21. The van der Waals surface area contributed by atoms with Crippen molar-refractivity contribution in [1.29, 1.82) is 0 Å². The highest BCUT2D eigenvalue weighted by Gasteiger charge is 2.30. The quantitative estimate of drug-likeness (QED) is 0.635. The number of nitrogens with zero attached hydrogens (tertiary/aromatic N) is 1. The van der Waals surface area contributed by atoms with E-state index in [1.54, 1.807) is 0 Å². The van der Waals surface area contributed by atoms with Gasteiger partial charge in [-0.3, -0.25) is 9.69 Å². The molecule has 2 aromatic rings. The third-order valence-electron chi connectivity index (χ3n) is 3.42. The van der Waals surface area contributed by atoms with E-state index in [-0.39, 0.29) is 5.76 Å². The van der Waals surface area contributed by atoms with Crippen LogP contribution in [0.5, 0.6) is 0 Å². The largest absolute Gasteiger partial charge is 0.450 e. The number of hydrogen-bond donors (Lipinski definition) is 1. The molecule has 0 radical (unpaired) electrons. The number of amides is 1. The standard InChI is InChI=1S/C13H13ClN2O2/c1-16-6-5-7-3-2-4-8-9(7)10(12(16)14)11(18-8)13(15)17/h2-4,12H,5-6H2,1H3,(H2,15,17). The van der Waals surface area contributed by atoms with Crippen LogP contribution in [-0.4, -0.2) is 24.4 Å². The lowest BCUT2D eigenvalue weighted by Gasteiger charge is -2.19. The summed E-state index contributed by atoms with van der Waals surface area (Å²) in [6, 6.07) is 5.79. The fraction of sp³-hybridized carbons (Fsp3) is 0.308. The minimum absolute atomic E-state index is 0.172. The molecule has 1 amide bonds. The molecule has 0 aliphatic carbocycles. The summed E-state index contributed by atoms with van der Waals surface area (Å²) < 4.78 is 5.56. The highest BCUT2D eigenvalue weighted by molar-refractivity contribution is 6.22. The monoisotopic (exact) mass is 264 g/mol. The second kappa shape index (κ2) is 4.00. The molecule has 0 spiro atoms. The van der Waals surface area contributed by atoms with Crippen LogP contribution in [0, 0.1) is 0 Å². The first-order chi connectivity index (χ1) is 8.59. The average Bonchev–Trinajstić information content (AvgIpc) is 2.69. The van der Waals surface area contributed by atoms with Gasteiger partial charge in [0.25, 0.3) is 5.91 Å². The normalized spacial score (nSPS) is 20.0. The lowest BCUT2D eigenvalue weighted by molar-refractivity contribution is 0.0973. The highest BCUT2D eigenvalue weighted by Crippen LogP contribution is 2.39. The van der Waals surface area contributed by atoms with E-state index in [4.69, 9.17) is 21.8 Å². The molecule has 4 nitrogen and oxygen atoms in total. The van der Waals surface area contributed by atoms with Gasteiger partial charge in [-0.05, 0) is 25.1 Å². The van der Waals surface area contributed by atoms with Crippen molar-refractivity contribution in [3.63, 3.8) is 0 Å². The van der Waals surface area contributed by atoms with Crippen LogP contribution in [0.1, 0.15) is 27.2 Å². The molecule has 3 rings (SSSR count). The molecule has 0 saturated carbocycles. The van der Waals surface area contributed by atoms with Gasteiger partial charge in [0.05, 0.1) is 0 Å². The number of benzene rings is 1. The van der Waals surface area contributed by atoms with Gasteiger partial charge in [-0.1, -0.05) is 12.1 Å². The Balaban J connectivity index is 2.40. The van der Waals surface area contributed by atoms with Crippen molar-refractivity contribution in [2.24, 2.45) is 5.73 Å². The Labute approximate surface area is 109 Å². The van der Waals surface area contributed by atoms with Crippen molar-refractivity contribution in [2.45, 2.75) is 11.9 Å². The van der Waals surface area contributed by atoms with Crippen LogP contribution in [0.3, 0.4) is 0 Å². The van der Waals surface area contributed by atoms with Crippen LogP contribution in [0.15, 0.2) is 22.6 Å². The Hall–Kier alpha value is -1.52. The van der Waals surface area contributed by atoms with Crippen molar-refractivity contribution < 1.29 is 9.21 Å². The number of carbonyl (C=O) groups is 1. The minimum atomic E-state index is -0.576. The van der Waals surface area contributed by atoms with Gasteiger partial charge in [0.1, 0.15) is 11.1 Å². The van der Waals surface area contributed by atoms with Gasteiger partial charge in [-0.15, -0.1) is 11.6 Å². The van der Waals surface area contributed by atoms with E-state index in [1.807, 2.05) is 30.1 Å². The number of nitrogens with two attached hydrogens (primary N) is 1. The van der Waals surface area contributed by atoms with Gasteiger partial charge < -0.3 is 10.2 Å². The fourth-order valence-electron chi connectivity index (χ4n) is 2.49. The number of halogens is 1. The first kappa shape index (κ1) is 11.6. The molecule has 1 aromatic carbocycles. The van der Waals surface area contributed by atoms with E-state index in [0.29, 0.717) is 11.1 Å². The molecular weight excluding hydrogens is 252 g/mol. The molecular formula is C13H13ClN2O2. The third-order valence-corrected chi connectivity index (χ3v) is 3.97. The Morgan fingerprint density at radius 3 is 3.06 bits per heavy atom. The maximum atomic E-state index is 11.5. The Morgan fingerprint density at radius 2 is 2.33 bits per heavy atom. The van der Waals surface area contributed by atoms with Gasteiger partial charge in [-0.2, -0.15) is 0 Å². The summed E-state index contributed by atoms with van der Waals surface area (Å²) in [6.45, 7) is 0.833. The first-order valence-electron chi connectivity index (χ1n) is 5.78. The molecule has 94 valence electrons. The van der Waals surface area contributed by atoms with Crippen LogP contribution in [-0.2, 0) is 6.42 Å². The van der Waals surface area contributed by atoms with E-state index in [9.17, 15) is 4.79 Å². The SMILES string of the molecule is CN1CCc2cccc3oc(C(N)=O)c(c23)C1Cl. The lowest BCUT2D eigenvalue weighted by atomic mass is 10.0. The van der Waals surface area contributed by atoms with Gasteiger partial charge in [0, 0.05) is 17.5 Å². The number of alkyl halides is 1. The van der Waals surface area contributed by atoms with Crippen LogP contribution in [0.25, 0.3) is 11.0 Å². The Bertz CT molecular complexity index is 635. The zero-order chi connectivity index (χ0) is 12.9. The summed E-state index contributed by atoms with van der Waals surface area (Å²) in [5.41, 5.74) is 7.51. The van der Waals surface area contributed by atoms with E-state index >= 15 is 0 Å². The summed E-state index contributed by atoms with van der Waals surface area (Å²) in [5, 5.41) is 0.940. The van der Waals surface area contributed by atoms with Crippen LogP contribution in [0.2, 0.25) is 0 Å². The maximum Gasteiger partial charge on any atom is 0.284 e. The number of primary amides is 1. The minimum Gasteiger partial charge on any atom is -0.450 e. The Morgan fingerprint density at radius 1 is 1.56 bits per heavy atom. The van der Waals surface area contributed by atoms with Crippen molar-refractivity contribution in [2.75, 3.05) is 13.6 Å². The molecule has 1 aliphatic rings. The van der Waals surface area contributed by atoms with Crippen molar-refractivity contribution >= 4 is 28.5 Å². The summed E-state index contributed by atoms with van der Waals surface area (Å²) in [7, 11) is 1.92. The second-order valence-corrected chi connectivity index (χ2v) is 4.98. The topological polar surface area (TPSA) is 59.5 Å². The molecule has 18 heavy (non-hydrogen) atoms. The van der Waals surface area contributed by atoms with Crippen LogP contribution >= 0.6 is 11.6 Å². The third kappa shape index (κ3) is 1.53. The number of furan rings is 1. The summed E-state index contributed by atoms with van der Waals surface area (Å²) in [6.07, 6.45) is 0.877. The average molecular weight is 265 g/mol. The second-order valence-electron chi connectivity index (χ2n) is 4.57. The van der Waals surface area contributed by atoms with Gasteiger partial charge in [0.15, 0.2) is 5.76 Å². The van der Waals surface area contributed by atoms with Gasteiger partial charge in [0.2, 0.25) is 0 Å². The zero-order valence-electron chi connectivity index (χ0n) is 9.94. The zero-order valence-corrected chi connectivity index (χ0v) is 10.7. The highest BCUT2D eigenvalue weighted by atomic mass is 35.5. The molecule has 0 saturated heterocycles. The van der Waals surface area contributed by atoms with E-state index in [0.717, 1.165) is 23.9 Å². The molecule has 0 bridgehead atoms. The van der Waals surface area contributed by atoms with Gasteiger partial charge >= 0.3 is 0 Å². The van der Waals surface area contributed by atoms with E-state index in [1.165, 1.54) is 0 Å². The molecule has 2 heterocycles. The Kier molecular flexibility index (Phi) is 2.57. The molecule has 2 N–H and O–H groups in total. The van der Waals surface area contributed by atoms with E-state index < -0.39 is 11.4 Å². The summed E-state index contributed by atoms with van der Waals surface area (Å²) in [5.74, 6) is -0.403. The van der Waals surface area contributed by atoms with Crippen molar-refractivity contribution in [3.05, 3.63) is 35.1 Å². The molecule has 1 unspecified atom stereocenters. The molecule has 1 aliphatic heterocycles. The van der Waals surface area contributed by atoms with E-state index in [2.05, 4.69) is 0 Å². The van der Waals surface area contributed by atoms with Crippen LogP contribution in [0.4, 0.5) is 0 Å². The van der Waals surface area contributed by atoms with Gasteiger partial charge in [-0.25, -0.2) is 0 Å². The fourth-order valence-corrected chi connectivity index (χ4v) is 2.80. The van der Waals surface area contributed by atoms with Crippen molar-refractivity contribution in [1.82, 2.24) is 4.90 Å². The molecule has 1 atom stereocenters. The summed E-state index contributed by atoms with van der Waals surface area (Å²) >= 11 is 6.42. The number of carbonyl (C=O) groups excluding carboxylic acids is 1. The number of likely N-dealkylation sites (N-methyl/N-ethyl adjacent to an activating group) is 1. The summed E-state index contributed by atoms with van der Waals surface area (Å²) in [4.78, 5) is 13.5. The molecule has 1 aromatic heterocycles. The van der Waals surface area contributed by atoms with Crippen LogP contribution < -0.4 is 5.73 Å². The molecule has 0 fully saturated rings. The lowest BCUT2D eigenvalue weighted by Crippen LogP contribution is -2.23. The maximum absolute atomic E-state index is 11.5. The number of hydrogen-bond acceptors (Lipinski definition) is 3. The predicted molar refractivity (Wildman–Crippen MR) is 69.7 cm³/mol. The molecule has 5 heteroatoms. The predicted octanol–water partition coefficient (Wildman–Crippen LogP) is 2.26. The smallest absolute Gasteiger partial charge is 0.284 e. The van der Waals surface area contributed by atoms with Crippen molar-refractivity contribution in [3.8, 4) is 0 Å². The number of rotatable bonds is 1.